The average molecular weight is 283 g/mol. The molecule has 2 N–H and O–H groups in total. The Morgan fingerprint density at radius 2 is 1.75 bits per heavy atom. The predicted molar refractivity (Wildman–Crippen MR) is 75.0 cm³/mol. The molecule has 20 heavy (non-hydrogen) atoms. The molecular weight excluding hydrogens is 258 g/mol. The van der Waals surface area contributed by atoms with Gasteiger partial charge in [0.15, 0.2) is 0 Å². The maximum absolute atomic E-state index is 12.3. The first kappa shape index (κ1) is 15.3. The average Bonchev–Trinajstić information content (AvgIpc) is 2.85. The van der Waals surface area contributed by atoms with Gasteiger partial charge in [0.05, 0.1) is 13.7 Å². The zero-order valence-corrected chi connectivity index (χ0v) is 12.3. The van der Waals surface area contributed by atoms with Crippen molar-refractivity contribution in [2.45, 2.75) is 37.6 Å². The van der Waals surface area contributed by atoms with Crippen LogP contribution in [0.25, 0.3) is 0 Å². The lowest BCUT2D eigenvalue weighted by molar-refractivity contribution is -0.142. The molecule has 1 aliphatic carbocycles. The largest absolute Gasteiger partial charge is 0.468 e. The molecule has 1 heterocycles. The quantitative estimate of drug-likeness (QED) is 0.733. The predicted octanol–water partition coefficient (Wildman–Crippen LogP) is -0.0348. The van der Waals surface area contributed by atoms with Crippen molar-refractivity contribution in [1.29, 1.82) is 0 Å². The van der Waals surface area contributed by atoms with Crippen molar-refractivity contribution >= 4 is 11.9 Å². The van der Waals surface area contributed by atoms with Gasteiger partial charge in [0, 0.05) is 38.1 Å². The minimum absolute atomic E-state index is 0.159. The smallest absolute Gasteiger partial charge is 0.319 e. The van der Waals surface area contributed by atoms with Crippen LogP contribution < -0.4 is 5.73 Å². The Bertz CT molecular complexity index is 359. The number of carbonyl (C=O) groups is 2. The third kappa shape index (κ3) is 3.93. The van der Waals surface area contributed by atoms with Crippen LogP contribution in [0.5, 0.6) is 0 Å². The van der Waals surface area contributed by atoms with Crippen LogP contribution in [0, 0.1) is 0 Å². The minimum atomic E-state index is -0.278. The van der Waals surface area contributed by atoms with Gasteiger partial charge in [-0.25, -0.2) is 0 Å². The van der Waals surface area contributed by atoms with Crippen molar-refractivity contribution in [2.75, 3.05) is 39.8 Å². The fourth-order valence-corrected chi connectivity index (χ4v) is 3.07. The van der Waals surface area contributed by atoms with Crippen LogP contribution in [0.3, 0.4) is 0 Å². The van der Waals surface area contributed by atoms with Gasteiger partial charge in [0.1, 0.15) is 0 Å². The van der Waals surface area contributed by atoms with Gasteiger partial charge in [-0.3, -0.25) is 14.5 Å². The van der Waals surface area contributed by atoms with Crippen molar-refractivity contribution < 1.29 is 14.3 Å². The lowest BCUT2D eigenvalue weighted by Gasteiger charge is -2.35. The molecular formula is C14H25N3O3. The minimum Gasteiger partial charge on any atom is -0.468 e. The van der Waals surface area contributed by atoms with E-state index in [1.807, 2.05) is 9.80 Å². The molecule has 2 rings (SSSR count). The molecule has 0 radical (unpaired) electrons. The van der Waals surface area contributed by atoms with E-state index in [0.29, 0.717) is 26.1 Å². The molecule has 114 valence electrons. The molecule has 1 aliphatic heterocycles. The Labute approximate surface area is 120 Å². The summed E-state index contributed by atoms with van der Waals surface area (Å²) in [7, 11) is 1.39. The summed E-state index contributed by atoms with van der Waals surface area (Å²) in [5, 5.41) is 0. The van der Waals surface area contributed by atoms with E-state index in [2.05, 4.69) is 4.74 Å². The second-order valence-corrected chi connectivity index (χ2v) is 5.98. The highest BCUT2D eigenvalue weighted by Crippen LogP contribution is 2.30. The number of ether oxygens (including phenoxy) is 1. The number of hydrogen-bond acceptors (Lipinski definition) is 5. The summed E-state index contributed by atoms with van der Waals surface area (Å²) < 4.78 is 4.65. The molecule has 1 amide bonds. The van der Waals surface area contributed by atoms with Crippen LogP contribution in [-0.4, -0.2) is 67.0 Å². The molecule has 6 nitrogen and oxygen atoms in total. The Morgan fingerprint density at radius 1 is 1.15 bits per heavy atom. The van der Waals surface area contributed by atoms with Crippen LogP contribution in [0.15, 0.2) is 0 Å². The highest BCUT2D eigenvalue weighted by atomic mass is 16.5. The summed E-state index contributed by atoms with van der Waals surface area (Å²) in [5.41, 5.74) is 5.98. The SMILES string of the molecule is COC(=O)CN1CCN(C(=O)CC2(N)CCCC2)CC1. The van der Waals surface area contributed by atoms with Gasteiger partial charge in [-0.05, 0) is 12.8 Å². The maximum Gasteiger partial charge on any atom is 0.319 e. The Morgan fingerprint density at radius 3 is 2.30 bits per heavy atom. The van der Waals surface area contributed by atoms with Crippen LogP contribution in [-0.2, 0) is 14.3 Å². The van der Waals surface area contributed by atoms with Crippen molar-refractivity contribution in [1.82, 2.24) is 9.80 Å². The number of nitrogens with zero attached hydrogens (tertiary/aromatic N) is 2. The van der Waals surface area contributed by atoms with E-state index in [-0.39, 0.29) is 17.4 Å². The Kier molecular flexibility index (Phi) is 4.99. The summed E-state index contributed by atoms with van der Waals surface area (Å²) in [5.74, 6) is -0.0660. The molecule has 0 unspecified atom stereocenters. The summed E-state index contributed by atoms with van der Waals surface area (Å²) >= 11 is 0. The van der Waals surface area contributed by atoms with Gasteiger partial charge in [0.2, 0.25) is 5.91 Å². The fraction of sp³-hybridized carbons (Fsp3) is 0.857. The highest BCUT2D eigenvalue weighted by molar-refractivity contribution is 5.77. The topological polar surface area (TPSA) is 75.9 Å². The van der Waals surface area contributed by atoms with Gasteiger partial charge >= 0.3 is 5.97 Å². The lowest BCUT2D eigenvalue weighted by atomic mass is 9.94. The first-order chi connectivity index (χ1) is 9.52. The number of rotatable bonds is 4. The van der Waals surface area contributed by atoms with Crippen LogP contribution in [0.1, 0.15) is 32.1 Å². The Balaban J connectivity index is 1.75. The molecule has 2 aliphatic rings. The monoisotopic (exact) mass is 283 g/mol. The highest BCUT2D eigenvalue weighted by Gasteiger charge is 2.34. The molecule has 0 atom stereocenters. The molecule has 1 saturated carbocycles. The molecule has 0 aromatic carbocycles. The molecule has 2 fully saturated rings. The van der Waals surface area contributed by atoms with Crippen LogP contribution in [0.4, 0.5) is 0 Å². The maximum atomic E-state index is 12.3. The van der Waals surface area contributed by atoms with Crippen molar-refractivity contribution in [3.63, 3.8) is 0 Å². The van der Waals surface area contributed by atoms with Crippen molar-refractivity contribution in [2.24, 2.45) is 5.73 Å². The first-order valence-electron chi connectivity index (χ1n) is 7.38. The molecule has 1 saturated heterocycles. The molecule has 0 aromatic rings. The number of esters is 1. The number of piperazine rings is 1. The third-order valence-corrected chi connectivity index (χ3v) is 4.41. The van der Waals surface area contributed by atoms with E-state index in [9.17, 15) is 9.59 Å². The van der Waals surface area contributed by atoms with E-state index in [0.717, 1.165) is 38.8 Å². The van der Waals surface area contributed by atoms with E-state index >= 15 is 0 Å². The molecule has 0 aromatic heterocycles. The van der Waals surface area contributed by atoms with E-state index in [1.54, 1.807) is 0 Å². The number of carbonyl (C=O) groups excluding carboxylic acids is 2. The standard InChI is InChI=1S/C14H25N3O3/c1-20-13(19)11-16-6-8-17(9-7-16)12(18)10-14(15)4-2-3-5-14/h2-11,15H2,1H3. The number of hydrogen-bond donors (Lipinski definition) is 1. The van der Waals surface area contributed by atoms with Gasteiger partial charge in [-0.2, -0.15) is 0 Å². The Hall–Kier alpha value is -1.14. The first-order valence-corrected chi connectivity index (χ1v) is 7.38. The van der Waals surface area contributed by atoms with E-state index in [1.165, 1.54) is 7.11 Å². The molecule has 6 heteroatoms. The van der Waals surface area contributed by atoms with E-state index in [4.69, 9.17) is 5.73 Å². The number of amides is 1. The van der Waals surface area contributed by atoms with Crippen molar-refractivity contribution in [3.05, 3.63) is 0 Å². The zero-order valence-electron chi connectivity index (χ0n) is 12.3. The lowest BCUT2D eigenvalue weighted by Crippen LogP contribution is -2.52. The summed E-state index contributed by atoms with van der Waals surface area (Å²) in [4.78, 5) is 27.4. The van der Waals surface area contributed by atoms with Gasteiger partial charge in [-0.15, -0.1) is 0 Å². The third-order valence-electron chi connectivity index (χ3n) is 4.41. The van der Waals surface area contributed by atoms with Crippen molar-refractivity contribution in [3.8, 4) is 0 Å². The number of methoxy groups -OCH3 is 1. The summed E-state index contributed by atoms with van der Waals surface area (Å²) in [6.45, 7) is 3.09. The normalized spacial score (nSPS) is 22.8. The van der Waals surface area contributed by atoms with Gasteiger partial charge < -0.3 is 15.4 Å². The molecule has 0 spiro atoms. The summed E-state index contributed by atoms with van der Waals surface area (Å²) in [6.07, 6.45) is 4.65. The summed E-state index contributed by atoms with van der Waals surface area (Å²) in [6, 6.07) is 0. The zero-order chi connectivity index (χ0) is 14.6. The van der Waals surface area contributed by atoms with E-state index < -0.39 is 0 Å². The number of nitrogens with two attached hydrogens (primary N) is 1. The van der Waals surface area contributed by atoms with Crippen LogP contribution >= 0.6 is 0 Å². The fourth-order valence-electron chi connectivity index (χ4n) is 3.07. The second-order valence-electron chi connectivity index (χ2n) is 5.98. The van der Waals surface area contributed by atoms with Gasteiger partial charge in [0.25, 0.3) is 0 Å². The van der Waals surface area contributed by atoms with Gasteiger partial charge in [-0.1, -0.05) is 12.8 Å². The van der Waals surface area contributed by atoms with Crippen LogP contribution in [0.2, 0.25) is 0 Å². The molecule has 0 bridgehead atoms. The second kappa shape index (κ2) is 6.54.